The molecule has 1 amide bonds. The second kappa shape index (κ2) is 9.49. The van der Waals surface area contributed by atoms with E-state index in [9.17, 15) is 4.79 Å². The Labute approximate surface area is 154 Å². The molecule has 0 saturated heterocycles. The Bertz CT molecular complexity index is 688. The molecule has 0 fully saturated rings. The number of anilines is 1. The van der Waals surface area contributed by atoms with Crippen molar-refractivity contribution in [2.24, 2.45) is 0 Å². The number of quaternary nitrogens is 1. The third-order valence-corrected chi connectivity index (χ3v) is 5.01. The monoisotopic (exact) mass is 359 g/mol. The van der Waals surface area contributed by atoms with Gasteiger partial charge in [0.2, 0.25) is 0 Å². The Hall–Kier alpha value is -1.98. The Morgan fingerprint density at radius 1 is 1.20 bits per heavy atom. The van der Waals surface area contributed by atoms with Gasteiger partial charge in [0, 0.05) is 10.5 Å². The maximum absolute atomic E-state index is 12.6. The van der Waals surface area contributed by atoms with Crippen LogP contribution < -0.4 is 15.0 Å². The smallest absolute Gasteiger partial charge is 0.282 e. The lowest BCUT2D eigenvalue weighted by Crippen LogP contribution is -3.12. The molecule has 2 aromatic rings. The highest BCUT2D eigenvalue weighted by molar-refractivity contribution is 7.98. The summed E-state index contributed by atoms with van der Waals surface area (Å²) in [6, 6.07) is 15.8. The summed E-state index contributed by atoms with van der Waals surface area (Å²) in [7, 11) is 2.04. The van der Waals surface area contributed by atoms with Crippen molar-refractivity contribution < 1.29 is 14.4 Å². The number of carbonyl (C=O) groups excluding carboxylic acids is 1. The molecule has 0 heterocycles. The van der Waals surface area contributed by atoms with Crippen molar-refractivity contribution >= 4 is 23.4 Å². The third-order valence-electron chi connectivity index (χ3n) is 4.21. The van der Waals surface area contributed by atoms with Crippen LogP contribution >= 0.6 is 11.8 Å². The van der Waals surface area contributed by atoms with Crippen LogP contribution in [-0.2, 0) is 11.3 Å². The molecule has 2 rings (SSSR count). The Balaban J connectivity index is 1.96. The van der Waals surface area contributed by atoms with E-state index in [1.54, 1.807) is 11.8 Å². The van der Waals surface area contributed by atoms with Crippen LogP contribution in [-0.4, -0.2) is 31.9 Å². The van der Waals surface area contributed by atoms with E-state index in [1.165, 1.54) is 5.56 Å². The molecule has 0 saturated carbocycles. The number of amides is 1. The molecule has 0 aliphatic carbocycles. The maximum Gasteiger partial charge on any atom is 0.282 e. The van der Waals surface area contributed by atoms with E-state index in [2.05, 4.69) is 17.4 Å². The van der Waals surface area contributed by atoms with Crippen molar-refractivity contribution in [3.05, 3.63) is 54.1 Å². The molecule has 0 bridgehead atoms. The van der Waals surface area contributed by atoms with Gasteiger partial charge in [0.15, 0.2) is 6.04 Å². The van der Waals surface area contributed by atoms with Gasteiger partial charge in [-0.2, -0.15) is 0 Å². The first-order valence-electron chi connectivity index (χ1n) is 8.53. The van der Waals surface area contributed by atoms with Crippen LogP contribution in [0.15, 0.2) is 53.4 Å². The van der Waals surface area contributed by atoms with Crippen LogP contribution in [0.1, 0.15) is 19.4 Å². The summed E-state index contributed by atoms with van der Waals surface area (Å²) in [6.07, 6.45) is 2.01. The molecule has 0 aliphatic heterocycles. The first kappa shape index (κ1) is 19.3. The third kappa shape index (κ3) is 5.51. The lowest BCUT2D eigenvalue weighted by molar-refractivity contribution is -0.907. The molecular weight excluding hydrogens is 332 g/mol. The molecule has 2 N–H and O–H groups in total. The van der Waals surface area contributed by atoms with Gasteiger partial charge in [0.1, 0.15) is 12.3 Å². The topological polar surface area (TPSA) is 42.8 Å². The van der Waals surface area contributed by atoms with Crippen molar-refractivity contribution in [1.29, 1.82) is 0 Å². The Kier molecular flexibility index (Phi) is 7.34. The summed E-state index contributed by atoms with van der Waals surface area (Å²) in [5.74, 6) is 0.910. The van der Waals surface area contributed by atoms with Gasteiger partial charge >= 0.3 is 0 Å². The zero-order chi connectivity index (χ0) is 18.2. The van der Waals surface area contributed by atoms with Crippen LogP contribution in [0.4, 0.5) is 5.69 Å². The van der Waals surface area contributed by atoms with Gasteiger partial charge in [-0.1, -0.05) is 12.1 Å². The molecule has 2 aromatic carbocycles. The lowest BCUT2D eigenvalue weighted by atomic mass is 10.1. The molecular formula is C20H27N2O2S+. The summed E-state index contributed by atoms with van der Waals surface area (Å²) in [4.78, 5) is 14.8. The number of likely N-dealkylation sites (N-methyl/N-ethyl adjacent to an activating group) is 1. The number of carbonyl (C=O) groups is 1. The highest BCUT2D eigenvalue weighted by Crippen LogP contribution is 2.24. The fraction of sp³-hybridized carbons (Fsp3) is 0.350. The zero-order valence-electron chi connectivity index (χ0n) is 15.3. The van der Waals surface area contributed by atoms with Crippen molar-refractivity contribution in [2.75, 3.05) is 25.2 Å². The maximum atomic E-state index is 12.6. The van der Waals surface area contributed by atoms with Crippen LogP contribution in [0.5, 0.6) is 5.75 Å². The summed E-state index contributed by atoms with van der Waals surface area (Å²) in [5, 5.41) is 3.05. The first-order chi connectivity index (χ1) is 12.0. The Morgan fingerprint density at radius 3 is 2.52 bits per heavy atom. The summed E-state index contributed by atoms with van der Waals surface area (Å²) >= 11 is 1.63. The molecule has 1 unspecified atom stereocenters. The van der Waals surface area contributed by atoms with Crippen molar-refractivity contribution in [3.8, 4) is 5.75 Å². The van der Waals surface area contributed by atoms with E-state index in [0.29, 0.717) is 6.61 Å². The fourth-order valence-corrected chi connectivity index (χ4v) is 3.11. The number of benzene rings is 2. The largest absolute Gasteiger partial charge is 0.494 e. The first-order valence-corrected chi connectivity index (χ1v) is 9.75. The molecule has 0 aliphatic rings. The molecule has 134 valence electrons. The van der Waals surface area contributed by atoms with Gasteiger partial charge in [-0.05, 0) is 56.5 Å². The van der Waals surface area contributed by atoms with Crippen molar-refractivity contribution in [3.63, 3.8) is 0 Å². The van der Waals surface area contributed by atoms with Gasteiger partial charge in [-0.25, -0.2) is 0 Å². The van der Waals surface area contributed by atoms with Gasteiger partial charge in [0.05, 0.1) is 19.3 Å². The van der Waals surface area contributed by atoms with Crippen LogP contribution in [0.3, 0.4) is 0 Å². The predicted octanol–water partition coefficient (Wildman–Crippen LogP) is 2.85. The molecule has 0 aromatic heterocycles. The van der Waals surface area contributed by atoms with E-state index in [0.717, 1.165) is 27.8 Å². The van der Waals surface area contributed by atoms with Crippen molar-refractivity contribution in [1.82, 2.24) is 0 Å². The zero-order valence-corrected chi connectivity index (χ0v) is 16.2. The molecule has 2 atom stereocenters. The fourth-order valence-electron chi connectivity index (χ4n) is 2.56. The number of ether oxygens (including phenoxy) is 1. The van der Waals surface area contributed by atoms with E-state index >= 15 is 0 Å². The van der Waals surface area contributed by atoms with Gasteiger partial charge in [-0.15, -0.1) is 11.8 Å². The van der Waals surface area contributed by atoms with Crippen LogP contribution in [0, 0.1) is 0 Å². The minimum Gasteiger partial charge on any atom is -0.494 e. The van der Waals surface area contributed by atoms with E-state index < -0.39 is 0 Å². The van der Waals surface area contributed by atoms with Gasteiger partial charge in [0.25, 0.3) is 5.91 Å². The van der Waals surface area contributed by atoms with Crippen LogP contribution in [0.2, 0.25) is 0 Å². The summed E-state index contributed by atoms with van der Waals surface area (Å²) in [5.41, 5.74) is 2.06. The van der Waals surface area contributed by atoms with E-state index in [1.807, 2.05) is 63.5 Å². The van der Waals surface area contributed by atoms with Gasteiger partial charge in [-0.3, -0.25) is 4.79 Å². The number of hydrogen-bond donors (Lipinski definition) is 2. The Morgan fingerprint density at radius 2 is 1.88 bits per heavy atom. The number of nitrogens with one attached hydrogen (secondary N) is 2. The highest BCUT2D eigenvalue weighted by Gasteiger charge is 2.22. The number of hydrogen-bond acceptors (Lipinski definition) is 3. The summed E-state index contributed by atoms with van der Waals surface area (Å²) < 4.78 is 5.47. The van der Waals surface area contributed by atoms with Gasteiger partial charge < -0.3 is 15.0 Å². The van der Waals surface area contributed by atoms with Crippen molar-refractivity contribution in [2.45, 2.75) is 31.3 Å². The molecule has 4 nitrogen and oxygen atoms in total. The summed E-state index contributed by atoms with van der Waals surface area (Å²) in [6.45, 7) is 5.38. The lowest BCUT2D eigenvalue weighted by Gasteiger charge is -2.21. The average molecular weight is 360 g/mol. The number of rotatable bonds is 8. The van der Waals surface area contributed by atoms with E-state index in [-0.39, 0.29) is 11.9 Å². The second-order valence-electron chi connectivity index (χ2n) is 6.01. The average Bonchev–Trinajstić information content (AvgIpc) is 2.63. The second-order valence-corrected chi connectivity index (χ2v) is 6.86. The quantitative estimate of drug-likeness (QED) is 0.712. The minimum absolute atomic E-state index is 0.0323. The standard InChI is InChI=1S/C20H26N2O2S/c1-5-24-17-12-10-16(11-13-17)14-22(3)15(2)20(23)21-18-8-6-7-9-19(18)25-4/h6-13,15H,5,14H2,1-4H3,(H,21,23)/p+1/t15-/m0/s1. The molecule has 0 radical (unpaired) electrons. The number of thioether (sulfide) groups is 1. The number of para-hydroxylation sites is 1. The van der Waals surface area contributed by atoms with Crippen LogP contribution in [0.25, 0.3) is 0 Å². The minimum atomic E-state index is -0.151. The molecule has 25 heavy (non-hydrogen) atoms. The van der Waals surface area contributed by atoms with E-state index in [4.69, 9.17) is 4.74 Å². The molecule has 5 heteroatoms. The molecule has 0 spiro atoms. The highest BCUT2D eigenvalue weighted by atomic mass is 32.2. The predicted molar refractivity (Wildman–Crippen MR) is 105 cm³/mol. The normalized spacial score (nSPS) is 13.1. The SMILES string of the molecule is CCOc1ccc(C[NH+](C)[C@@H](C)C(=O)Nc2ccccc2SC)cc1.